The maximum Gasteiger partial charge on any atom is 0.231 e. The molecule has 2 aromatic carbocycles. The van der Waals surface area contributed by atoms with Crippen LogP contribution in [0.1, 0.15) is 15.9 Å². The Hall–Kier alpha value is -2.81. The van der Waals surface area contributed by atoms with Gasteiger partial charge in [-0.3, -0.25) is 4.79 Å². The number of phenolic OH excluding ortho intramolecular Hbond substituents is 1. The van der Waals surface area contributed by atoms with Crippen LogP contribution in [0, 0.1) is 0 Å². The summed E-state index contributed by atoms with van der Waals surface area (Å²) in [5.74, 6) is 0.572. The molecule has 20 heavy (non-hydrogen) atoms. The summed E-state index contributed by atoms with van der Waals surface area (Å²) in [6.07, 6.45) is 5.30. The molecule has 98 valence electrons. The number of aromatic hydroxyl groups is 1. The molecule has 1 aliphatic heterocycles. The second-order valence-electron chi connectivity index (χ2n) is 4.41. The lowest BCUT2D eigenvalue weighted by Crippen LogP contribution is -1.97. The standard InChI is InChI=1S/C17H12O3/c18-13-9-10-14-16(11-13)20-15(17(14)19)8-4-7-12-5-2-1-3-6-12/h1-11,18H. The number of ether oxygens (including phenoxy) is 1. The first-order chi connectivity index (χ1) is 9.74. The predicted molar refractivity (Wildman–Crippen MR) is 76.6 cm³/mol. The summed E-state index contributed by atoms with van der Waals surface area (Å²) in [6, 6.07) is 14.3. The molecule has 0 atom stereocenters. The van der Waals surface area contributed by atoms with Gasteiger partial charge in [-0.15, -0.1) is 0 Å². The molecule has 0 aliphatic carbocycles. The van der Waals surface area contributed by atoms with Crippen LogP contribution >= 0.6 is 0 Å². The number of benzene rings is 2. The number of rotatable bonds is 2. The van der Waals surface area contributed by atoms with Gasteiger partial charge in [-0.2, -0.15) is 0 Å². The lowest BCUT2D eigenvalue weighted by Gasteiger charge is -1.97. The fraction of sp³-hybridized carbons (Fsp3) is 0. The summed E-state index contributed by atoms with van der Waals surface area (Å²) in [4.78, 5) is 12.0. The Morgan fingerprint density at radius 2 is 1.85 bits per heavy atom. The van der Waals surface area contributed by atoms with Gasteiger partial charge in [0, 0.05) is 6.07 Å². The second-order valence-corrected chi connectivity index (χ2v) is 4.41. The fourth-order valence-electron chi connectivity index (χ4n) is 2.00. The van der Waals surface area contributed by atoms with Crippen LogP contribution in [0.2, 0.25) is 0 Å². The maximum atomic E-state index is 12.0. The molecule has 0 spiro atoms. The van der Waals surface area contributed by atoms with Gasteiger partial charge in [-0.1, -0.05) is 42.5 Å². The largest absolute Gasteiger partial charge is 0.508 e. The molecule has 3 rings (SSSR count). The van der Waals surface area contributed by atoms with Gasteiger partial charge in [-0.05, 0) is 23.8 Å². The zero-order chi connectivity index (χ0) is 13.9. The number of ketones is 1. The highest BCUT2D eigenvalue weighted by Crippen LogP contribution is 2.33. The third-order valence-corrected chi connectivity index (χ3v) is 2.99. The summed E-state index contributed by atoms with van der Waals surface area (Å²) in [5.41, 5.74) is 1.52. The van der Waals surface area contributed by atoms with E-state index in [1.165, 1.54) is 12.1 Å². The first kappa shape index (κ1) is 12.2. The Labute approximate surface area is 116 Å². The van der Waals surface area contributed by atoms with E-state index in [1.54, 1.807) is 18.2 Å². The van der Waals surface area contributed by atoms with Crippen molar-refractivity contribution >= 4 is 11.9 Å². The zero-order valence-electron chi connectivity index (χ0n) is 10.6. The van der Waals surface area contributed by atoms with Crippen molar-refractivity contribution in [2.75, 3.05) is 0 Å². The molecular weight excluding hydrogens is 252 g/mol. The van der Waals surface area contributed by atoms with E-state index >= 15 is 0 Å². The zero-order valence-corrected chi connectivity index (χ0v) is 10.6. The van der Waals surface area contributed by atoms with E-state index in [0.717, 1.165) is 5.56 Å². The molecule has 0 radical (unpaired) electrons. The lowest BCUT2D eigenvalue weighted by atomic mass is 10.1. The first-order valence-electron chi connectivity index (χ1n) is 6.23. The molecule has 0 aromatic heterocycles. The molecule has 0 saturated heterocycles. The maximum absolute atomic E-state index is 12.0. The van der Waals surface area contributed by atoms with Crippen molar-refractivity contribution < 1.29 is 14.6 Å². The number of hydrogen-bond acceptors (Lipinski definition) is 3. The molecule has 1 aliphatic rings. The monoisotopic (exact) mass is 264 g/mol. The quantitative estimate of drug-likeness (QED) is 0.843. The Morgan fingerprint density at radius 1 is 1.05 bits per heavy atom. The van der Waals surface area contributed by atoms with E-state index in [0.29, 0.717) is 11.3 Å². The van der Waals surface area contributed by atoms with Crippen molar-refractivity contribution in [2.45, 2.75) is 0 Å². The van der Waals surface area contributed by atoms with Gasteiger partial charge >= 0.3 is 0 Å². The summed E-state index contributed by atoms with van der Waals surface area (Å²) in [6.45, 7) is 0. The predicted octanol–water partition coefficient (Wildman–Crippen LogP) is 3.56. The van der Waals surface area contributed by atoms with Crippen molar-refractivity contribution in [3.05, 3.63) is 77.6 Å². The molecule has 2 aromatic rings. The van der Waals surface area contributed by atoms with Crippen molar-refractivity contribution in [1.29, 1.82) is 0 Å². The van der Waals surface area contributed by atoms with Crippen LogP contribution in [0.25, 0.3) is 6.08 Å². The van der Waals surface area contributed by atoms with Gasteiger partial charge < -0.3 is 9.84 Å². The molecule has 1 N–H and O–H groups in total. The molecule has 3 nitrogen and oxygen atoms in total. The number of carbonyl (C=O) groups is 1. The van der Waals surface area contributed by atoms with E-state index < -0.39 is 0 Å². The molecule has 0 unspecified atom stereocenters. The van der Waals surface area contributed by atoms with Crippen LogP contribution in [-0.2, 0) is 0 Å². The Kier molecular flexibility index (Phi) is 3.09. The summed E-state index contributed by atoms with van der Waals surface area (Å²) in [7, 11) is 0. The van der Waals surface area contributed by atoms with Gasteiger partial charge in [0.2, 0.25) is 5.78 Å². The molecule has 3 heteroatoms. The van der Waals surface area contributed by atoms with Gasteiger partial charge in [0.05, 0.1) is 5.56 Å². The van der Waals surface area contributed by atoms with Crippen LogP contribution < -0.4 is 4.74 Å². The van der Waals surface area contributed by atoms with E-state index in [-0.39, 0.29) is 17.3 Å². The number of allylic oxidation sites excluding steroid dienone is 3. The van der Waals surface area contributed by atoms with Crippen molar-refractivity contribution in [3.63, 3.8) is 0 Å². The van der Waals surface area contributed by atoms with Crippen LogP contribution in [0.4, 0.5) is 0 Å². The number of carbonyl (C=O) groups excluding carboxylic acids is 1. The molecule has 0 amide bonds. The van der Waals surface area contributed by atoms with Crippen molar-refractivity contribution in [2.24, 2.45) is 0 Å². The van der Waals surface area contributed by atoms with E-state index in [9.17, 15) is 9.90 Å². The highest BCUT2D eigenvalue weighted by atomic mass is 16.5. The fourth-order valence-corrected chi connectivity index (χ4v) is 2.00. The van der Waals surface area contributed by atoms with Crippen LogP contribution in [-0.4, -0.2) is 10.9 Å². The van der Waals surface area contributed by atoms with Crippen LogP contribution in [0.15, 0.2) is 66.4 Å². The summed E-state index contributed by atoms with van der Waals surface area (Å²) in [5, 5.41) is 9.37. The smallest absolute Gasteiger partial charge is 0.231 e. The summed E-state index contributed by atoms with van der Waals surface area (Å²) < 4.78 is 5.44. The lowest BCUT2D eigenvalue weighted by molar-refractivity contribution is 0.101. The number of hydrogen-bond donors (Lipinski definition) is 1. The average molecular weight is 264 g/mol. The minimum absolute atomic E-state index is 0.0811. The van der Waals surface area contributed by atoms with Gasteiger partial charge in [0.1, 0.15) is 11.5 Å². The topological polar surface area (TPSA) is 46.5 Å². The Balaban J connectivity index is 1.82. The van der Waals surface area contributed by atoms with E-state index in [2.05, 4.69) is 0 Å². The highest BCUT2D eigenvalue weighted by Gasteiger charge is 2.26. The van der Waals surface area contributed by atoms with E-state index in [4.69, 9.17) is 4.74 Å². The minimum atomic E-state index is -0.169. The Bertz CT molecular complexity index is 712. The number of fused-ring (bicyclic) bond motifs is 1. The number of Topliss-reactive ketones (excluding diaryl/α,β-unsaturated/α-hetero) is 1. The third kappa shape index (κ3) is 2.34. The van der Waals surface area contributed by atoms with Crippen LogP contribution in [0.5, 0.6) is 11.5 Å². The van der Waals surface area contributed by atoms with Crippen molar-refractivity contribution in [1.82, 2.24) is 0 Å². The third-order valence-electron chi connectivity index (χ3n) is 2.99. The first-order valence-corrected chi connectivity index (χ1v) is 6.23. The number of phenols is 1. The highest BCUT2D eigenvalue weighted by molar-refractivity contribution is 6.12. The second kappa shape index (κ2) is 5.05. The SMILES string of the molecule is O=C1C(=CC=Cc2ccccc2)Oc2cc(O)ccc21. The van der Waals surface area contributed by atoms with Gasteiger partial charge in [0.25, 0.3) is 0 Å². The normalized spacial score (nSPS) is 15.6. The van der Waals surface area contributed by atoms with Crippen LogP contribution in [0.3, 0.4) is 0 Å². The van der Waals surface area contributed by atoms with E-state index in [1.807, 2.05) is 36.4 Å². The van der Waals surface area contributed by atoms with Crippen molar-refractivity contribution in [3.8, 4) is 11.5 Å². The molecular formula is C17H12O3. The van der Waals surface area contributed by atoms with Gasteiger partial charge in [0.15, 0.2) is 5.76 Å². The summed E-state index contributed by atoms with van der Waals surface area (Å²) >= 11 is 0. The molecule has 0 saturated carbocycles. The van der Waals surface area contributed by atoms with Gasteiger partial charge in [-0.25, -0.2) is 0 Å². The molecule has 0 fully saturated rings. The molecule has 1 heterocycles. The minimum Gasteiger partial charge on any atom is -0.508 e. The molecule has 0 bridgehead atoms. The Morgan fingerprint density at radius 3 is 2.65 bits per heavy atom. The average Bonchev–Trinajstić information content (AvgIpc) is 2.76.